The number of hydrogen-bond acceptors (Lipinski definition) is 6. The van der Waals surface area contributed by atoms with Crippen molar-refractivity contribution in [2.45, 2.75) is 46.1 Å². The lowest BCUT2D eigenvalue weighted by molar-refractivity contribution is -0.135. The van der Waals surface area contributed by atoms with Crippen molar-refractivity contribution < 1.29 is 9.21 Å². The van der Waals surface area contributed by atoms with Gasteiger partial charge in [-0.25, -0.2) is 15.0 Å². The topological polar surface area (TPSA) is 75.4 Å². The highest BCUT2D eigenvalue weighted by Gasteiger charge is 2.29. The van der Waals surface area contributed by atoms with E-state index in [1.54, 1.807) is 11.2 Å². The highest BCUT2D eigenvalue weighted by atomic mass is 16.3. The van der Waals surface area contributed by atoms with Gasteiger partial charge in [0, 0.05) is 20.1 Å². The molecule has 158 valence electrons. The van der Waals surface area contributed by atoms with Gasteiger partial charge < -0.3 is 14.2 Å². The van der Waals surface area contributed by atoms with Crippen LogP contribution in [0.1, 0.15) is 43.8 Å². The van der Waals surface area contributed by atoms with Crippen molar-refractivity contribution in [1.29, 1.82) is 0 Å². The minimum absolute atomic E-state index is 0.0332. The van der Waals surface area contributed by atoms with Crippen molar-refractivity contribution in [3.8, 4) is 0 Å². The van der Waals surface area contributed by atoms with Crippen LogP contribution in [-0.4, -0.2) is 45.9 Å². The molecule has 3 aromatic rings. The summed E-state index contributed by atoms with van der Waals surface area (Å²) in [5.41, 5.74) is 4.58. The first-order valence-electron chi connectivity index (χ1n) is 10.8. The number of piperidine rings is 1. The first kappa shape index (κ1) is 20.3. The molecular formula is C23H29N5O2. The van der Waals surface area contributed by atoms with Crippen LogP contribution in [0, 0.1) is 5.92 Å². The number of aromatic nitrogens is 3. The maximum atomic E-state index is 13.0. The van der Waals surface area contributed by atoms with Gasteiger partial charge in [0.25, 0.3) is 0 Å². The van der Waals surface area contributed by atoms with Crippen LogP contribution in [0.2, 0.25) is 0 Å². The fourth-order valence-electron chi connectivity index (χ4n) is 4.18. The summed E-state index contributed by atoms with van der Waals surface area (Å²) in [6.07, 6.45) is 7.10. The summed E-state index contributed by atoms with van der Waals surface area (Å²) in [6.45, 7) is 6.30. The zero-order valence-electron chi connectivity index (χ0n) is 18.0. The Morgan fingerprint density at radius 3 is 2.80 bits per heavy atom. The van der Waals surface area contributed by atoms with Crippen LogP contribution < -0.4 is 4.90 Å². The Bertz CT molecular complexity index is 1020. The van der Waals surface area contributed by atoms with Crippen LogP contribution in [0.5, 0.6) is 0 Å². The van der Waals surface area contributed by atoms with Gasteiger partial charge in [0.1, 0.15) is 11.3 Å². The Morgan fingerprint density at radius 2 is 2.07 bits per heavy atom. The zero-order chi connectivity index (χ0) is 21.1. The van der Waals surface area contributed by atoms with Gasteiger partial charge in [-0.1, -0.05) is 13.8 Å². The molecule has 0 spiro atoms. The van der Waals surface area contributed by atoms with Crippen molar-refractivity contribution in [3.05, 3.63) is 47.8 Å². The quantitative estimate of drug-likeness (QED) is 0.621. The molecule has 0 radical (unpaired) electrons. The number of hydrogen-bond donors (Lipinski definition) is 0. The fourth-order valence-corrected chi connectivity index (χ4v) is 4.18. The number of amides is 1. The second-order valence-corrected chi connectivity index (χ2v) is 7.92. The number of nitrogens with zero attached hydrogens (tertiary/aromatic N) is 5. The van der Waals surface area contributed by atoms with Crippen molar-refractivity contribution in [2.24, 2.45) is 5.92 Å². The zero-order valence-corrected chi connectivity index (χ0v) is 18.0. The van der Waals surface area contributed by atoms with Crippen LogP contribution in [0.15, 0.2) is 35.1 Å². The SMILES string of the molecule is CCc1nc2cc(N3CCC[C@@H](C(=O)N(C)Cc4ccco4)C3)cnc2nc1CC. The van der Waals surface area contributed by atoms with E-state index >= 15 is 0 Å². The summed E-state index contributed by atoms with van der Waals surface area (Å²) >= 11 is 0. The molecule has 1 aliphatic rings. The molecule has 7 nitrogen and oxygen atoms in total. The molecule has 30 heavy (non-hydrogen) atoms. The number of anilines is 1. The maximum absolute atomic E-state index is 13.0. The monoisotopic (exact) mass is 407 g/mol. The summed E-state index contributed by atoms with van der Waals surface area (Å²) in [5, 5.41) is 0. The predicted octanol–water partition coefficient (Wildman–Crippen LogP) is 3.62. The average molecular weight is 408 g/mol. The number of furan rings is 1. The van der Waals surface area contributed by atoms with Crippen molar-refractivity contribution >= 4 is 22.8 Å². The lowest BCUT2D eigenvalue weighted by Crippen LogP contribution is -2.43. The summed E-state index contributed by atoms with van der Waals surface area (Å²) < 4.78 is 5.38. The lowest BCUT2D eigenvalue weighted by Gasteiger charge is -2.35. The minimum Gasteiger partial charge on any atom is -0.467 e. The molecule has 1 atom stereocenters. The van der Waals surface area contributed by atoms with Gasteiger partial charge in [-0.05, 0) is 43.9 Å². The van der Waals surface area contributed by atoms with E-state index < -0.39 is 0 Å². The summed E-state index contributed by atoms with van der Waals surface area (Å²) in [5.74, 6) is 0.925. The van der Waals surface area contributed by atoms with Gasteiger partial charge in [-0.3, -0.25) is 4.79 Å². The average Bonchev–Trinajstić information content (AvgIpc) is 3.30. The first-order valence-corrected chi connectivity index (χ1v) is 10.8. The molecule has 7 heteroatoms. The van der Waals surface area contributed by atoms with E-state index in [0.29, 0.717) is 18.7 Å². The second kappa shape index (κ2) is 8.81. The Hall–Kier alpha value is -2.96. The molecular weight excluding hydrogens is 378 g/mol. The summed E-state index contributed by atoms with van der Waals surface area (Å²) in [7, 11) is 1.84. The van der Waals surface area contributed by atoms with Gasteiger partial charge in [-0.15, -0.1) is 0 Å². The molecule has 0 unspecified atom stereocenters. The molecule has 0 bridgehead atoms. The van der Waals surface area contributed by atoms with E-state index in [1.807, 2.05) is 25.4 Å². The number of carbonyl (C=O) groups excluding carboxylic acids is 1. The van der Waals surface area contributed by atoms with Crippen molar-refractivity contribution in [1.82, 2.24) is 19.9 Å². The number of fused-ring (bicyclic) bond motifs is 1. The molecule has 0 saturated carbocycles. The largest absolute Gasteiger partial charge is 0.467 e. The van der Waals surface area contributed by atoms with E-state index in [0.717, 1.165) is 60.6 Å². The van der Waals surface area contributed by atoms with E-state index in [1.165, 1.54) is 0 Å². The summed E-state index contributed by atoms with van der Waals surface area (Å²) in [4.78, 5) is 31.1. The lowest BCUT2D eigenvalue weighted by atomic mass is 9.96. The van der Waals surface area contributed by atoms with Crippen LogP contribution in [0.25, 0.3) is 11.2 Å². The highest BCUT2D eigenvalue weighted by molar-refractivity contribution is 5.80. The predicted molar refractivity (Wildman–Crippen MR) is 116 cm³/mol. The Morgan fingerprint density at radius 1 is 1.27 bits per heavy atom. The number of aryl methyl sites for hydroxylation is 2. The van der Waals surface area contributed by atoms with Crippen molar-refractivity contribution in [2.75, 3.05) is 25.0 Å². The van der Waals surface area contributed by atoms with Gasteiger partial charge in [0.05, 0.1) is 42.0 Å². The van der Waals surface area contributed by atoms with E-state index in [9.17, 15) is 4.79 Å². The first-order chi connectivity index (χ1) is 14.6. The van der Waals surface area contributed by atoms with Crippen LogP contribution in [0.3, 0.4) is 0 Å². The van der Waals surface area contributed by atoms with E-state index in [2.05, 4.69) is 29.8 Å². The number of rotatable bonds is 6. The smallest absolute Gasteiger partial charge is 0.227 e. The minimum atomic E-state index is -0.0332. The third kappa shape index (κ3) is 4.15. The Labute approximate surface area is 177 Å². The van der Waals surface area contributed by atoms with E-state index in [-0.39, 0.29) is 11.8 Å². The van der Waals surface area contributed by atoms with Crippen LogP contribution in [-0.2, 0) is 24.2 Å². The third-order valence-corrected chi connectivity index (χ3v) is 5.82. The third-order valence-electron chi connectivity index (χ3n) is 5.82. The van der Waals surface area contributed by atoms with Crippen LogP contribution in [0.4, 0.5) is 5.69 Å². The molecule has 3 aromatic heterocycles. The molecule has 1 saturated heterocycles. The van der Waals surface area contributed by atoms with Gasteiger partial charge >= 0.3 is 0 Å². The number of carbonyl (C=O) groups is 1. The van der Waals surface area contributed by atoms with Gasteiger partial charge in [-0.2, -0.15) is 0 Å². The molecule has 1 aliphatic heterocycles. The summed E-state index contributed by atoms with van der Waals surface area (Å²) in [6, 6.07) is 5.81. The standard InChI is InChI=1S/C23H29N5O2/c1-4-19-20(5-2)26-22-21(25-19)12-17(13-24-22)28-10-6-8-16(14-28)23(29)27(3)15-18-9-7-11-30-18/h7,9,11-13,16H,4-6,8,10,14-15H2,1-3H3/t16-/m1/s1. The maximum Gasteiger partial charge on any atom is 0.227 e. The second-order valence-electron chi connectivity index (χ2n) is 7.92. The van der Waals surface area contributed by atoms with Crippen molar-refractivity contribution in [3.63, 3.8) is 0 Å². The molecule has 0 aromatic carbocycles. The molecule has 0 aliphatic carbocycles. The Kier molecular flexibility index (Phi) is 5.97. The fraction of sp³-hybridized carbons (Fsp3) is 0.478. The molecule has 4 heterocycles. The van der Waals surface area contributed by atoms with E-state index in [4.69, 9.17) is 14.4 Å². The van der Waals surface area contributed by atoms with Crippen LogP contribution >= 0.6 is 0 Å². The molecule has 4 rings (SSSR count). The normalized spacial score (nSPS) is 16.8. The molecule has 0 N–H and O–H groups in total. The number of pyridine rings is 1. The van der Waals surface area contributed by atoms with Gasteiger partial charge in [0.15, 0.2) is 5.65 Å². The Balaban J connectivity index is 1.51. The molecule has 1 fully saturated rings. The highest BCUT2D eigenvalue weighted by Crippen LogP contribution is 2.26. The molecule has 1 amide bonds. The van der Waals surface area contributed by atoms with Gasteiger partial charge in [0.2, 0.25) is 5.91 Å².